The number of carbonyl (C=O) groups is 1. The van der Waals surface area contributed by atoms with Gasteiger partial charge in [-0.1, -0.05) is 12.1 Å². The zero-order chi connectivity index (χ0) is 14.7. The Morgan fingerprint density at radius 3 is 3.00 bits per heavy atom. The summed E-state index contributed by atoms with van der Waals surface area (Å²) in [7, 11) is 0. The summed E-state index contributed by atoms with van der Waals surface area (Å²) in [6.07, 6.45) is 2.94. The first-order chi connectivity index (χ1) is 10.2. The van der Waals surface area contributed by atoms with Gasteiger partial charge in [0.05, 0.1) is 23.8 Å². The Morgan fingerprint density at radius 2 is 2.19 bits per heavy atom. The van der Waals surface area contributed by atoms with Gasteiger partial charge in [0, 0.05) is 19.5 Å². The highest BCUT2D eigenvalue weighted by molar-refractivity contribution is 5.82. The fraction of sp³-hybridized carbons (Fsp3) is 0.333. The Balaban J connectivity index is 1.48. The van der Waals surface area contributed by atoms with Crippen LogP contribution in [0.3, 0.4) is 0 Å². The summed E-state index contributed by atoms with van der Waals surface area (Å²) in [4.78, 5) is 19.4. The number of hydrogen-bond donors (Lipinski definition) is 3. The van der Waals surface area contributed by atoms with Gasteiger partial charge in [-0.3, -0.25) is 10.1 Å². The van der Waals surface area contributed by atoms with Crippen molar-refractivity contribution in [3.05, 3.63) is 53.4 Å². The zero-order valence-electron chi connectivity index (χ0n) is 11.5. The number of rotatable bonds is 4. The number of amides is 1. The molecule has 0 bridgehead atoms. The number of fused-ring (bicyclic) bond motifs is 1. The number of halogens is 1. The van der Waals surface area contributed by atoms with E-state index in [1.165, 1.54) is 12.1 Å². The average molecular weight is 288 g/mol. The lowest BCUT2D eigenvalue weighted by atomic mass is 10.0. The van der Waals surface area contributed by atoms with Gasteiger partial charge in [0.2, 0.25) is 5.91 Å². The van der Waals surface area contributed by atoms with Crippen molar-refractivity contribution in [3.63, 3.8) is 0 Å². The lowest BCUT2D eigenvalue weighted by Gasteiger charge is -2.22. The molecule has 21 heavy (non-hydrogen) atoms. The molecule has 0 saturated carbocycles. The third-order valence-corrected chi connectivity index (χ3v) is 3.67. The summed E-state index contributed by atoms with van der Waals surface area (Å²) in [5.41, 5.74) is 3.00. The predicted molar refractivity (Wildman–Crippen MR) is 76.0 cm³/mol. The molecule has 1 atom stereocenters. The number of imidazole rings is 1. The molecule has 110 valence electrons. The third-order valence-electron chi connectivity index (χ3n) is 3.67. The van der Waals surface area contributed by atoms with E-state index in [1.54, 1.807) is 18.5 Å². The van der Waals surface area contributed by atoms with Crippen LogP contribution in [0.1, 0.15) is 17.0 Å². The van der Waals surface area contributed by atoms with E-state index >= 15 is 0 Å². The molecule has 5 nitrogen and oxygen atoms in total. The molecule has 3 N–H and O–H groups in total. The van der Waals surface area contributed by atoms with Gasteiger partial charge in [-0.15, -0.1) is 0 Å². The quantitative estimate of drug-likeness (QED) is 0.783. The maximum absolute atomic E-state index is 12.8. The highest BCUT2D eigenvalue weighted by Crippen LogP contribution is 2.12. The van der Waals surface area contributed by atoms with Crippen molar-refractivity contribution in [2.75, 3.05) is 6.54 Å². The molecule has 3 rings (SSSR count). The fourth-order valence-corrected chi connectivity index (χ4v) is 2.46. The Hall–Kier alpha value is -2.21. The summed E-state index contributed by atoms with van der Waals surface area (Å²) in [6, 6.07) is 6.08. The zero-order valence-corrected chi connectivity index (χ0v) is 11.5. The minimum atomic E-state index is -0.246. The predicted octanol–water partition coefficient (Wildman–Crippen LogP) is 0.922. The first-order valence-electron chi connectivity index (χ1n) is 6.99. The second-order valence-electron chi connectivity index (χ2n) is 5.13. The van der Waals surface area contributed by atoms with E-state index in [9.17, 15) is 9.18 Å². The number of carbonyl (C=O) groups excluding carboxylic acids is 1. The average Bonchev–Trinajstić information content (AvgIpc) is 2.96. The molecule has 6 heteroatoms. The molecule has 0 aliphatic carbocycles. The van der Waals surface area contributed by atoms with Gasteiger partial charge < -0.3 is 10.3 Å². The van der Waals surface area contributed by atoms with E-state index in [0.29, 0.717) is 25.9 Å². The molecule has 0 spiro atoms. The number of hydrogen-bond acceptors (Lipinski definition) is 3. The van der Waals surface area contributed by atoms with Crippen LogP contribution < -0.4 is 10.6 Å². The van der Waals surface area contributed by atoms with Crippen LogP contribution in [0.15, 0.2) is 30.6 Å². The molecule has 1 aromatic carbocycles. The van der Waals surface area contributed by atoms with Crippen molar-refractivity contribution in [1.82, 2.24) is 20.6 Å². The number of aromatic nitrogens is 2. The van der Waals surface area contributed by atoms with Crippen molar-refractivity contribution < 1.29 is 9.18 Å². The molecular formula is C15H17FN4O. The minimum absolute atomic E-state index is 0.0224. The van der Waals surface area contributed by atoms with E-state index in [1.807, 2.05) is 0 Å². The normalized spacial score (nSPS) is 17.3. The highest BCUT2D eigenvalue weighted by Gasteiger charge is 2.25. The summed E-state index contributed by atoms with van der Waals surface area (Å²) < 4.78 is 12.8. The molecule has 2 aromatic rings. The molecule has 1 amide bonds. The molecule has 1 aromatic heterocycles. The van der Waals surface area contributed by atoms with Crippen molar-refractivity contribution in [3.8, 4) is 0 Å². The molecule has 0 radical (unpaired) electrons. The van der Waals surface area contributed by atoms with E-state index in [2.05, 4.69) is 20.6 Å². The number of benzene rings is 1. The Kier molecular flexibility index (Phi) is 3.96. The van der Waals surface area contributed by atoms with Gasteiger partial charge in [0.15, 0.2) is 0 Å². The van der Waals surface area contributed by atoms with Crippen LogP contribution >= 0.6 is 0 Å². The molecule has 0 saturated heterocycles. The van der Waals surface area contributed by atoms with Crippen LogP contribution in [0, 0.1) is 5.82 Å². The third kappa shape index (κ3) is 3.28. The summed E-state index contributed by atoms with van der Waals surface area (Å²) >= 11 is 0. The molecule has 1 aliphatic heterocycles. The van der Waals surface area contributed by atoms with Gasteiger partial charge in [-0.05, 0) is 24.1 Å². The Morgan fingerprint density at radius 1 is 1.38 bits per heavy atom. The summed E-state index contributed by atoms with van der Waals surface area (Å²) in [6.45, 7) is 1.17. The number of aromatic amines is 1. The molecular weight excluding hydrogens is 271 g/mol. The van der Waals surface area contributed by atoms with E-state index in [4.69, 9.17) is 0 Å². The van der Waals surface area contributed by atoms with Gasteiger partial charge in [-0.2, -0.15) is 0 Å². The van der Waals surface area contributed by atoms with Crippen LogP contribution in [0.5, 0.6) is 0 Å². The van der Waals surface area contributed by atoms with Crippen molar-refractivity contribution >= 4 is 5.91 Å². The van der Waals surface area contributed by atoms with Crippen LogP contribution in [0.4, 0.5) is 4.39 Å². The smallest absolute Gasteiger partial charge is 0.237 e. The van der Waals surface area contributed by atoms with Crippen LogP contribution in [0.2, 0.25) is 0 Å². The van der Waals surface area contributed by atoms with E-state index < -0.39 is 0 Å². The Bertz CT molecular complexity index is 623. The van der Waals surface area contributed by atoms with Crippen molar-refractivity contribution in [1.29, 1.82) is 0 Å². The van der Waals surface area contributed by atoms with Gasteiger partial charge in [-0.25, -0.2) is 9.37 Å². The topological polar surface area (TPSA) is 69.8 Å². The number of H-pyrrole nitrogens is 1. The monoisotopic (exact) mass is 288 g/mol. The SMILES string of the molecule is O=C(NCCc1ccc(F)cc1)C1Cc2nc[nH]c2CN1. The minimum Gasteiger partial charge on any atom is -0.354 e. The second kappa shape index (κ2) is 6.05. The molecule has 2 heterocycles. The van der Waals surface area contributed by atoms with Gasteiger partial charge in [0.25, 0.3) is 0 Å². The van der Waals surface area contributed by atoms with Gasteiger partial charge >= 0.3 is 0 Å². The van der Waals surface area contributed by atoms with Crippen molar-refractivity contribution in [2.45, 2.75) is 25.4 Å². The fourth-order valence-electron chi connectivity index (χ4n) is 2.46. The first kappa shape index (κ1) is 13.8. The lowest BCUT2D eigenvalue weighted by molar-refractivity contribution is -0.123. The maximum Gasteiger partial charge on any atom is 0.237 e. The maximum atomic E-state index is 12.8. The second-order valence-corrected chi connectivity index (χ2v) is 5.13. The van der Waals surface area contributed by atoms with E-state index in [-0.39, 0.29) is 17.8 Å². The molecule has 0 fully saturated rings. The van der Waals surface area contributed by atoms with Crippen molar-refractivity contribution in [2.24, 2.45) is 0 Å². The van der Waals surface area contributed by atoms with Crippen LogP contribution in [0.25, 0.3) is 0 Å². The summed E-state index contributed by atoms with van der Waals surface area (Å²) in [5.74, 6) is -0.269. The number of nitrogens with one attached hydrogen (secondary N) is 3. The van der Waals surface area contributed by atoms with E-state index in [0.717, 1.165) is 17.0 Å². The highest BCUT2D eigenvalue weighted by atomic mass is 19.1. The van der Waals surface area contributed by atoms with Gasteiger partial charge in [0.1, 0.15) is 5.82 Å². The largest absolute Gasteiger partial charge is 0.354 e. The van der Waals surface area contributed by atoms with Crippen LogP contribution in [-0.2, 0) is 24.2 Å². The number of nitrogens with zero attached hydrogens (tertiary/aromatic N) is 1. The summed E-state index contributed by atoms with van der Waals surface area (Å²) in [5, 5.41) is 6.09. The van der Waals surface area contributed by atoms with Crippen LogP contribution in [-0.4, -0.2) is 28.5 Å². The standard InChI is InChI=1S/C15H17FN4O/c16-11-3-1-10(2-4-11)5-6-17-15(21)13-7-12-14(8-18-13)20-9-19-12/h1-4,9,13,18H,5-8H2,(H,17,21)(H,19,20). The first-order valence-corrected chi connectivity index (χ1v) is 6.99. The lowest BCUT2D eigenvalue weighted by Crippen LogP contribution is -2.48. The molecule has 1 unspecified atom stereocenters. The molecule has 1 aliphatic rings. The Labute approximate surface area is 122 Å².